The number of amides is 1. The van der Waals surface area contributed by atoms with Crippen molar-refractivity contribution in [3.63, 3.8) is 0 Å². The number of hydrogen-bond acceptors (Lipinski definition) is 2. The first kappa shape index (κ1) is 14.4. The van der Waals surface area contributed by atoms with Crippen LogP contribution in [0, 0.1) is 5.92 Å². The van der Waals surface area contributed by atoms with Crippen molar-refractivity contribution < 1.29 is 9.53 Å². The van der Waals surface area contributed by atoms with Crippen LogP contribution in [0.25, 0.3) is 0 Å². The molecule has 0 aromatic heterocycles. The van der Waals surface area contributed by atoms with Gasteiger partial charge < -0.3 is 9.64 Å². The minimum atomic E-state index is 0.0789. The summed E-state index contributed by atoms with van der Waals surface area (Å²) in [7, 11) is 3.51. The zero-order chi connectivity index (χ0) is 13.8. The maximum atomic E-state index is 12.3. The first-order valence-corrected chi connectivity index (χ1v) is 7.50. The number of nitrogens with zero attached hydrogens (tertiary/aromatic N) is 1. The van der Waals surface area contributed by atoms with E-state index in [0.29, 0.717) is 11.5 Å². The molecule has 1 fully saturated rings. The normalized spacial score (nSPS) is 15.5. The predicted octanol–water partition coefficient (Wildman–Crippen LogP) is 3.72. The van der Waals surface area contributed by atoms with E-state index in [2.05, 4.69) is 15.9 Å². The summed E-state index contributed by atoms with van der Waals surface area (Å²) in [6, 6.07) is 5.46. The summed E-state index contributed by atoms with van der Waals surface area (Å²) in [4.78, 5) is 14.2. The number of benzene rings is 1. The van der Waals surface area contributed by atoms with Crippen LogP contribution in [0.4, 0.5) is 0 Å². The van der Waals surface area contributed by atoms with Gasteiger partial charge in [-0.25, -0.2) is 0 Å². The van der Waals surface area contributed by atoms with Crippen LogP contribution in [-0.4, -0.2) is 31.5 Å². The van der Waals surface area contributed by atoms with Crippen LogP contribution in [0.2, 0.25) is 0 Å². The number of rotatable bonds is 4. The zero-order valence-corrected chi connectivity index (χ0v) is 13.1. The second-order valence-electron chi connectivity index (χ2n) is 5.19. The van der Waals surface area contributed by atoms with Gasteiger partial charge in [-0.15, -0.1) is 0 Å². The fraction of sp³-hybridized carbons (Fsp3) is 0.533. The van der Waals surface area contributed by atoms with Gasteiger partial charge in [-0.3, -0.25) is 4.79 Å². The van der Waals surface area contributed by atoms with E-state index in [1.54, 1.807) is 7.11 Å². The van der Waals surface area contributed by atoms with E-state index in [0.717, 1.165) is 16.8 Å². The summed E-state index contributed by atoms with van der Waals surface area (Å²) < 4.78 is 5.99. The molecule has 3 nitrogen and oxygen atoms in total. The van der Waals surface area contributed by atoms with Crippen molar-refractivity contribution in [1.29, 1.82) is 0 Å². The first-order chi connectivity index (χ1) is 9.11. The van der Waals surface area contributed by atoms with E-state index in [1.165, 1.54) is 25.7 Å². The van der Waals surface area contributed by atoms with Gasteiger partial charge in [-0.1, -0.05) is 12.8 Å². The van der Waals surface area contributed by atoms with E-state index in [1.807, 2.05) is 30.1 Å². The number of halogens is 1. The van der Waals surface area contributed by atoms with Crippen LogP contribution in [0.5, 0.6) is 5.75 Å². The van der Waals surface area contributed by atoms with E-state index < -0.39 is 0 Å². The third kappa shape index (κ3) is 3.50. The minimum Gasteiger partial charge on any atom is -0.496 e. The Morgan fingerprint density at radius 3 is 2.68 bits per heavy atom. The Kier molecular flexibility index (Phi) is 4.86. The summed E-state index contributed by atoms with van der Waals surface area (Å²) >= 11 is 3.42. The smallest absolute Gasteiger partial charge is 0.253 e. The summed E-state index contributed by atoms with van der Waals surface area (Å²) in [5, 5.41) is 0. The van der Waals surface area contributed by atoms with Crippen molar-refractivity contribution in [2.24, 2.45) is 5.92 Å². The molecule has 19 heavy (non-hydrogen) atoms. The molecule has 0 saturated heterocycles. The van der Waals surface area contributed by atoms with Crippen molar-refractivity contribution in [2.75, 3.05) is 20.7 Å². The van der Waals surface area contributed by atoms with Crippen molar-refractivity contribution in [3.05, 3.63) is 28.2 Å². The van der Waals surface area contributed by atoms with E-state index in [9.17, 15) is 4.79 Å². The van der Waals surface area contributed by atoms with Crippen molar-refractivity contribution in [1.82, 2.24) is 4.90 Å². The molecule has 1 aliphatic rings. The molecule has 0 N–H and O–H groups in total. The lowest BCUT2D eigenvalue weighted by Crippen LogP contribution is -2.31. The molecule has 0 heterocycles. The van der Waals surface area contributed by atoms with Gasteiger partial charge in [0.05, 0.1) is 11.6 Å². The standard InChI is InChI=1S/C15H20BrNO2/c1-17(10-11-5-3-4-6-11)15(18)12-7-8-14(19-2)13(16)9-12/h7-9,11H,3-6,10H2,1-2H3. The average Bonchev–Trinajstić information content (AvgIpc) is 2.90. The molecule has 0 aliphatic heterocycles. The molecule has 1 amide bonds. The Labute approximate surface area is 123 Å². The zero-order valence-electron chi connectivity index (χ0n) is 11.5. The highest BCUT2D eigenvalue weighted by molar-refractivity contribution is 9.10. The Hall–Kier alpha value is -1.03. The monoisotopic (exact) mass is 325 g/mol. The van der Waals surface area contributed by atoms with Crippen LogP contribution in [0.1, 0.15) is 36.0 Å². The molecule has 0 radical (unpaired) electrons. The summed E-state index contributed by atoms with van der Waals surface area (Å²) in [6.07, 6.45) is 5.12. The van der Waals surface area contributed by atoms with Gasteiger partial charge in [0.1, 0.15) is 5.75 Å². The second-order valence-corrected chi connectivity index (χ2v) is 6.04. The van der Waals surface area contributed by atoms with E-state index in [-0.39, 0.29) is 5.91 Å². The molecule has 0 spiro atoms. The van der Waals surface area contributed by atoms with Crippen molar-refractivity contribution in [3.8, 4) is 5.75 Å². The minimum absolute atomic E-state index is 0.0789. The van der Waals surface area contributed by atoms with Gasteiger partial charge in [-0.2, -0.15) is 0 Å². The topological polar surface area (TPSA) is 29.5 Å². The molecular weight excluding hydrogens is 306 g/mol. The lowest BCUT2D eigenvalue weighted by molar-refractivity contribution is 0.0773. The van der Waals surface area contributed by atoms with Gasteiger partial charge in [0.25, 0.3) is 5.91 Å². The van der Waals surface area contributed by atoms with E-state index >= 15 is 0 Å². The van der Waals surface area contributed by atoms with Crippen LogP contribution in [0.3, 0.4) is 0 Å². The fourth-order valence-corrected chi connectivity index (χ4v) is 3.22. The summed E-state index contributed by atoms with van der Waals surface area (Å²) in [5.74, 6) is 1.50. The largest absolute Gasteiger partial charge is 0.496 e. The van der Waals surface area contributed by atoms with Crippen LogP contribution >= 0.6 is 15.9 Å². The Bertz CT molecular complexity index is 455. The van der Waals surface area contributed by atoms with Gasteiger partial charge in [0.15, 0.2) is 0 Å². The van der Waals surface area contributed by atoms with Crippen molar-refractivity contribution in [2.45, 2.75) is 25.7 Å². The van der Waals surface area contributed by atoms with Crippen LogP contribution in [0.15, 0.2) is 22.7 Å². The van der Waals surface area contributed by atoms with Gasteiger partial charge in [0, 0.05) is 19.2 Å². The average molecular weight is 326 g/mol. The third-order valence-corrected chi connectivity index (χ3v) is 4.37. The highest BCUT2D eigenvalue weighted by atomic mass is 79.9. The fourth-order valence-electron chi connectivity index (χ4n) is 2.68. The molecule has 0 unspecified atom stereocenters. The lowest BCUT2D eigenvalue weighted by atomic mass is 10.1. The third-order valence-electron chi connectivity index (χ3n) is 3.75. The molecule has 1 aromatic rings. The number of ether oxygens (including phenoxy) is 1. The maximum absolute atomic E-state index is 12.3. The molecule has 1 saturated carbocycles. The van der Waals surface area contributed by atoms with Gasteiger partial charge in [0.2, 0.25) is 0 Å². The SMILES string of the molecule is COc1ccc(C(=O)N(C)CC2CCCC2)cc1Br. The Balaban J connectivity index is 2.03. The molecule has 1 aliphatic carbocycles. The Morgan fingerprint density at radius 2 is 2.11 bits per heavy atom. The highest BCUT2D eigenvalue weighted by Crippen LogP contribution is 2.27. The molecule has 0 atom stereocenters. The molecular formula is C15H20BrNO2. The van der Waals surface area contributed by atoms with Crippen molar-refractivity contribution >= 4 is 21.8 Å². The maximum Gasteiger partial charge on any atom is 0.253 e. The lowest BCUT2D eigenvalue weighted by Gasteiger charge is -2.21. The van der Waals surface area contributed by atoms with Gasteiger partial charge >= 0.3 is 0 Å². The van der Waals surface area contributed by atoms with E-state index in [4.69, 9.17) is 4.74 Å². The summed E-state index contributed by atoms with van der Waals surface area (Å²) in [5.41, 5.74) is 0.702. The number of methoxy groups -OCH3 is 1. The van der Waals surface area contributed by atoms with Crippen LogP contribution in [-0.2, 0) is 0 Å². The summed E-state index contributed by atoms with van der Waals surface area (Å²) in [6.45, 7) is 0.864. The quantitative estimate of drug-likeness (QED) is 0.844. The highest BCUT2D eigenvalue weighted by Gasteiger charge is 2.20. The first-order valence-electron chi connectivity index (χ1n) is 6.71. The molecule has 0 bridgehead atoms. The molecule has 2 rings (SSSR count). The van der Waals surface area contributed by atoms with Crippen LogP contribution < -0.4 is 4.74 Å². The molecule has 4 heteroatoms. The predicted molar refractivity (Wildman–Crippen MR) is 79.6 cm³/mol. The molecule has 104 valence electrons. The second kappa shape index (κ2) is 6.42. The number of hydrogen-bond donors (Lipinski definition) is 0. The number of carbonyl (C=O) groups is 1. The van der Waals surface area contributed by atoms with Gasteiger partial charge in [-0.05, 0) is 52.9 Å². The Morgan fingerprint density at radius 1 is 1.42 bits per heavy atom. The molecule has 1 aromatic carbocycles. The number of carbonyl (C=O) groups excluding carboxylic acids is 1.